The monoisotopic (exact) mass is 482 g/mol. The number of guanidine groups is 1. The number of rotatable bonds is 6. The Hall–Kier alpha value is -1.61. The van der Waals surface area contributed by atoms with Gasteiger partial charge in [0.1, 0.15) is 5.65 Å². The second kappa shape index (κ2) is 10.7. The predicted octanol–water partition coefficient (Wildman–Crippen LogP) is 2.97. The number of halogens is 1. The van der Waals surface area contributed by atoms with E-state index in [2.05, 4.69) is 57.6 Å². The summed E-state index contributed by atoms with van der Waals surface area (Å²) in [6, 6.07) is 6.62. The molecular weight excluding hydrogens is 451 g/mol. The largest absolute Gasteiger partial charge is 0.357 e. The molecule has 6 nitrogen and oxygen atoms in total. The van der Waals surface area contributed by atoms with Crippen molar-refractivity contribution in [3.05, 3.63) is 48.4 Å². The molecule has 0 atom stereocenters. The molecule has 7 heteroatoms. The summed E-state index contributed by atoms with van der Waals surface area (Å²) in [5.41, 5.74) is 3.14. The molecule has 3 heterocycles. The van der Waals surface area contributed by atoms with Gasteiger partial charge in [-0.15, -0.1) is 30.6 Å². The first kappa shape index (κ1) is 21.7. The van der Waals surface area contributed by atoms with Gasteiger partial charge in [-0.1, -0.05) is 12.1 Å². The Balaban J connectivity index is 0.00000261. The number of piperidine rings is 1. The van der Waals surface area contributed by atoms with E-state index in [1.807, 2.05) is 18.2 Å². The fraction of sp³-hybridized carbons (Fsp3) is 0.500. The maximum absolute atomic E-state index is 4.75. The fourth-order valence-electron chi connectivity index (χ4n) is 3.39. The van der Waals surface area contributed by atoms with Crippen molar-refractivity contribution in [3.8, 4) is 0 Å². The Morgan fingerprint density at radius 3 is 2.81 bits per heavy atom. The lowest BCUT2D eigenvalue weighted by atomic mass is 10.1. The molecule has 1 fully saturated rings. The van der Waals surface area contributed by atoms with Gasteiger partial charge in [-0.05, 0) is 38.8 Å². The molecule has 148 valence electrons. The van der Waals surface area contributed by atoms with Crippen molar-refractivity contribution in [1.29, 1.82) is 0 Å². The maximum Gasteiger partial charge on any atom is 0.191 e. The lowest BCUT2D eigenvalue weighted by Gasteiger charge is -2.32. The number of fused-ring (bicyclic) bond motifs is 1. The second-order valence-corrected chi connectivity index (χ2v) is 6.83. The van der Waals surface area contributed by atoms with Crippen LogP contribution >= 0.6 is 24.0 Å². The molecular formula is C20H31IN6. The molecule has 0 saturated carbocycles. The minimum atomic E-state index is 0. The van der Waals surface area contributed by atoms with Crippen LogP contribution < -0.4 is 10.6 Å². The van der Waals surface area contributed by atoms with E-state index < -0.39 is 0 Å². The van der Waals surface area contributed by atoms with Gasteiger partial charge in [-0.3, -0.25) is 4.90 Å². The smallest absolute Gasteiger partial charge is 0.191 e. The molecule has 2 aromatic heterocycles. The molecule has 0 radical (unpaired) electrons. The highest BCUT2D eigenvalue weighted by atomic mass is 127. The van der Waals surface area contributed by atoms with Crippen LogP contribution in [0.1, 0.15) is 31.2 Å². The van der Waals surface area contributed by atoms with Crippen molar-refractivity contribution in [2.45, 2.75) is 39.3 Å². The summed E-state index contributed by atoms with van der Waals surface area (Å²) in [5.74, 6) is 0.878. The number of hydrogen-bond donors (Lipinski definition) is 2. The third-order valence-corrected chi connectivity index (χ3v) is 4.80. The SMILES string of the molecule is C=CCN1CCC(NC(=NCc2cn3c(C)cccc3n2)NCC)CC1.I. The van der Waals surface area contributed by atoms with Crippen LogP contribution in [-0.2, 0) is 6.54 Å². The average Bonchev–Trinajstić information content (AvgIpc) is 3.06. The minimum absolute atomic E-state index is 0. The number of aromatic nitrogens is 2. The number of aliphatic imine (C=N–C) groups is 1. The molecule has 2 N–H and O–H groups in total. The van der Waals surface area contributed by atoms with Crippen molar-refractivity contribution < 1.29 is 0 Å². The van der Waals surface area contributed by atoms with Crippen LogP contribution in [0.25, 0.3) is 5.65 Å². The maximum atomic E-state index is 4.75. The van der Waals surface area contributed by atoms with Crippen molar-refractivity contribution in [2.24, 2.45) is 4.99 Å². The molecule has 0 bridgehead atoms. The Morgan fingerprint density at radius 2 is 2.15 bits per heavy atom. The Labute approximate surface area is 179 Å². The standard InChI is InChI=1S/C20H30N6.HI/c1-4-11-25-12-9-17(10-13-25)24-20(21-5-2)22-14-18-15-26-16(3)7-6-8-19(26)23-18;/h4,6-8,15,17H,1,5,9-14H2,2-3H3,(H2,21,22,24);1H. The van der Waals surface area contributed by atoms with Gasteiger partial charge in [0.15, 0.2) is 5.96 Å². The summed E-state index contributed by atoms with van der Waals surface area (Å²) in [6.07, 6.45) is 6.32. The van der Waals surface area contributed by atoms with Gasteiger partial charge >= 0.3 is 0 Å². The minimum Gasteiger partial charge on any atom is -0.357 e. The van der Waals surface area contributed by atoms with Crippen molar-refractivity contribution in [1.82, 2.24) is 24.9 Å². The molecule has 0 amide bonds. The van der Waals surface area contributed by atoms with E-state index in [1.165, 1.54) is 5.69 Å². The highest BCUT2D eigenvalue weighted by Gasteiger charge is 2.19. The van der Waals surface area contributed by atoms with Gasteiger partial charge in [0.05, 0.1) is 12.2 Å². The quantitative estimate of drug-likeness (QED) is 0.288. The van der Waals surface area contributed by atoms with Crippen molar-refractivity contribution in [2.75, 3.05) is 26.2 Å². The Bertz CT molecular complexity index is 761. The third kappa shape index (κ3) is 5.93. The number of imidazole rings is 1. The van der Waals surface area contributed by atoms with E-state index in [4.69, 9.17) is 4.99 Å². The predicted molar refractivity (Wildman–Crippen MR) is 123 cm³/mol. The zero-order chi connectivity index (χ0) is 18.4. The van der Waals surface area contributed by atoms with Crippen LogP contribution in [-0.4, -0.2) is 52.5 Å². The van der Waals surface area contributed by atoms with E-state index >= 15 is 0 Å². The van der Waals surface area contributed by atoms with Crippen LogP contribution in [0.4, 0.5) is 0 Å². The topological polar surface area (TPSA) is 57.0 Å². The van der Waals surface area contributed by atoms with E-state index in [0.717, 1.165) is 56.3 Å². The van der Waals surface area contributed by atoms with Gasteiger partial charge in [0, 0.05) is 44.1 Å². The number of nitrogens with zero attached hydrogens (tertiary/aromatic N) is 4. The molecule has 0 spiro atoms. The third-order valence-electron chi connectivity index (χ3n) is 4.80. The highest BCUT2D eigenvalue weighted by Crippen LogP contribution is 2.11. The summed E-state index contributed by atoms with van der Waals surface area (Å²) in [4.78, 5) is 11.9. The van der Waals surface area contributed by atoms with Crippen LogP contribution in [0.5, 0.6) is 0 Å². The fourth-order valence-corrected chi connectivity index (χ4v) is 3.39. The lowest BCUT2D eigenvalue weighted by Crippen LogP contribution is -2.48. The number of hydrogen-bond acceptors (Lipinski definition) is 3. The van der Waals surface area contributed by atoms with Crippen LogP contribution in [0.2, 0.25) is 0 Å². The molecule has 0 aliphatic carbocycles. The number of likely N-dealkylation sites (tertiary alicyclic amines) is 1. The zero-order valence-corrected chi connectivity index (χ0v) is 18.6. The first-order chi connectivity index (χ1) is 12.7. The van der Waals surface area contributed by atoms with Gasteiger partial charge in [0.25, 0.3) is 0 Å². The van der Waals surface area contributed by atoms with Crippen LogP contribution in [0.15, 0.2) is 42.0 Å². The number of nitrogens with one attached hydrogen (secondary N) is 2. The summed E-state index contributed by atoms with van der Waals surface area (Å²) in [5, 5.41) is 6.94. The molecule has 1 aliphatic heterocycles. The van der Waals surface area contributed by atoms with Gasteiger partial charge in [-0.2, -0.15) is 0 Å². The molecule has 0 unspecified atom stereocenters. The zero-order valence-electron chi connectivity index (χ0n) is 16.3. The summed E-state index contributed by atoms with van der Waals surface area (Å²) >= 11 is 0. The van der Waals surface area contributed by atoms with Crippen LogP contribution in [0, 0.1) is 6.92 Å². The summed E-state index contributed by atoms with van der Waals surface area (Å²) in [6.45, 7) is 12.6. The van der Waals surface area contributed by atoms with E-state index in [-0.39, 0.29) is 24.0 Å². The molecule has 3 rings (SSSR count). The molecule has 27 heavy (non-hydrogen) atoms. The van der Waals surface area contributed by atoms with E-state index in [1.54, 1.807) is 0 Å². The Morgan fingerprint density at radius 1 is 1.37 bits per heavy atom. The van der Waals surface area contributed by atoms with Crippen molar-refractivity contribution in [3.63, 3.8) is 0 Å². The molecule has 2 aromatic rings. The number of pyridine rings is 1. The summed E-state index contributed by atoms with van der Waals surface area (Å²) in [7, 11) is 0. The summed E-state index contributed by atoms with van der Waals surface area (Å²) < 4.78 is 2.11. The number of aryl methyl sites for hydroxylation is 1. The normalized spacial score (nSPS) is 16.1. The van der Waals surface area contributed by atoms with E-state index in [0.29, 0.717) is 12.6 Å². The second-order valence-electron chi connectivity index (χ2n) is 6.83. The van der Waals surface area contributed by atoms with Gasteiger partial charge < -0.3 is 15.0 Å². The highest BCUT2D eigenvalue weighted by molar-refractivity contribution is 14.0. The van der Waals surface area contributed by atoms with Gasteiger partial charge in [0.2, 0.25) is 0 Å². The molecule has 1 saturated heterocycles. The van der Waals surface area contributed by atoms with Crippen LogP contribution in [0.3, 0.4) is 0 Å². The van der Waals surface area contributed by atoms with E-state index in [9.17, 15) is 0 Å². The lowest BCUT2D eigenvalue weighted by molar-refractivity contribution is 0.225. The van der Waals surface area contributed by atoms with Crippen molar-refractivity contribution >= 4 is 35.6 Å². The first-order valence-corrected chi connectivity index (χ1v) is 9.51. The molecule has 0 aromatic carbocycles. The first-order valence-electron chi connectivity index (χ1n) is 9.51. The average molecular weight is 482 g/mol. The van der Waals surface area contributed by atoms with Gasteiger partial charge in [-0.25, -0.2) is 9.98 Å². The molecule has 1 aliphatic rings. The Kier molecular flexibility index (Phi) is 8.56.